The van der Waals surface area contributed by atoms with Gasteiger partial charge in [-0.2, -0.15) is 0 Å². The Morgan fingerprint density at radius 1 is 0.895 bits per heavy atom. The van der Waals surface area contributed by atoms with Gasteiger partial charge in [0, 0.05) is 19.3 Å². The topological polar surface area (TPSA) is 30.5 Å². The lowest BCUT2D eigenvalue weighted by Crippen LogP contribution is -2.60. The van der Waals surface area contributed by atoms with E-state index in [-0.39, 0.29) is 6.10 Å². The maximum atomic E-state index is 5.98. The van der Waals surface area contributed by atoms with Gasteiger partial charge in [0.1, 0.15) is 0 Å². The molecule has 1 N–H and O–H groups in total. The summed E-state index contributed by atoms with van der Waals surface area (Å²) in [6, 6.07) is 0.502. The van der Waals surface area contributed by atoms with Crippen molar-refractivity contribution in [1.82, 2.24) is 5.32 Å². The van der Waals surface area contributed by atoms with Crippen LogP contribution >= 0.6 is 0 Å². The van der Waals surface area contributed by atoms with Gasteiger partial charge in [-0.15, -0.1) is 0 Å². The van der Waals surface area contributed by atoms with Gasteiger partial charge in [0.15, 0.2) is 0 Å². The Morgan fingerprint density at radius 3 is 2.37 bits per heavy atom. The predicted octanol–water partition coefficient (Wildman–Crippen LogP) is 3.52. The van der Waals surface area contributed by atoms with E-state index in [1.807, 2.05) is 0 Å². The van der Waals surface area contributed by atoms with Crippen LogP contribution in [0, 0.1) is 0 Å². The molecule has 114 valence electrons. The maximum Gasteiger partial charge on any atom is 0.0990 e. The van der Waals surface area contributed by atoms with Gasteiger partial charge >= 0.3 is 0 Å². The summed E-state index contributed by atoms with van der Waals surface area (Å²) in [7, 11) is 0. The molecule has 1 aliphatic carbocycles. The molecule has 0 amide bonds. The summed E-state index contributed by atoms with van der Waals surface area (Å²) in [4.78, 5) is 0. The van der Waals surface area contributed by atoms with Crippen LogP contribution in [0.2, 0.25) is 0 Å². The van der Waals surface area contributed by atoms with E-state index in [1.54, 1.807) is 0 Å². The van der Waals surface area contributed by atoms with Gasteiger partial charge < -0.3 is 14.8 Å². The Morgan fingerprint density at radius 2 is 1.68 bits per heavy atom. The molecule has 3 atom stereocenters. The summed E-state index contributed by atoms with van der Waals surface area (Å²) < 4.78 is 11.9. The molecule has 0 aromatic carbocycles. The number of likely N-dealkylation sites (N-methyl/N-ethyl adjacent to an activating group) is 1. The van der Waals surface area contributed by atoms with Crippen molar-refractivity contribution in [3.63, 3.8) is 0 Å². The molecule has 19 heavy (non-hydrogen) atoms. The summed E-state index contributed by atoms with van der Waals surface area (Å²) in [5, 5.41) is 3.48. The molecule has 0 bridgehead atoms. The lowest BCUT2D eigenvalue weighted by Gasteiger charge is -2.44. The van der Waals surface area contributed by atoms with Crippen molar-refractivity contribution in [2.24, 2.45) is 0 Å². The van der Waals surface area contributed by atoms with Crippen molar-refractivity contribution in [1.29, 1.82) is 0 Å². The molecule has 1 fully saturated rings. The minimum absolute atomic E-state index is 0.274. The highest BCUT2D eigenvalue weighted by Crippen LogP contribution is 2.27. The van der Waals surface area contributed by atoms with Crippen molar-refractivity contribution >= 4 is 0 Å². The van der Waals surface area contributed by atoms with Gasteiger partial charge in [-0.25, -0.2) is 0 Å². The molecule has 1 saturated carbocycles. The molecule has 3 nitrogen and oxygen atoms in total. The van der Waals surface area contributed by atoms with E-state index in [9.17, 15) is 0 Å². The second-order valence-corrected chi connectivity index (χ2v) is 5.56. The first-order chi connectivity index (χ1) is 9.33. The minimum Gasteiger partial charge on any atom is -0.375 e. The Bertz CT molecular complexity index is 211. The monoisotopic (exact) mass is 271 g/mol. The molecule has 0 aromatic rings. The second-order valence-electron chi connectivity index (χ2n) is 5.56. The van der Waals surface area contributed by atoms with Crippen LogP contribution in [0.5, 0.6) is 0 Å². The number of hydrogen-bond donors (Lipinski definition) is 1. The van der Waals surface area contributed by atoms with E-state index in [0.29, 0.717) is 12.1 Å². The van der Waals surface area contributed by atoms with Crippen LogP contribution in [-0.4, -0.2) is 38.0 Å². The van der Waals surface area contributed by atoms with Crippen LogP contribution in [0.25, 0.3) is 0 Å². The van der Waals surface area contributed by atoms with Crippen LogP contribution in [0.1, 0.15) is 65.7 Å². The highest BCUT2D eigenvalue weighted by Gasteiger charge is 2.42. The third-order valence-corrected chi connectivity index (χ3v) is 3.81. The highest BCUT2D eigenvalue weighted by molar-refractivity contribution is 4.97. The van der Waals surface area contributed by atoms with Gasteiger partial charge in [0.2, 0.25) is 0 Å². The van der Waals surface area contributed by atoms with Crippen LogP contribution in [-0.2, 0) is 9.47 Å². The fraction of sp³-hybridized carbons (Fsp3) is 1.00. The standard InChI is InChI=1S/C16H33NO2/c1-4-7-8-9-10-12-18-15-13-14(17-6-3)16(15)19-11-5-2/h14-17H,4-13H2,1-3H3. The fourth-order valence-corrected chi connectivity index (χ4v) is 2.62. The first-order valence-electron chi connectivity index (χ1n) is 8.30. The van der Waals surface area contributed by atoms with E-state index in [4.69, 9.17) is 9.47 Å². The van der Waals surface area contributed by atoms with E-state index >= 15 is 0 Å². The first kappa shape index (κ1) is 16.9. The Labute approximate surface area is 119 Å². The summed E-state index contributed by atoms with van der Waals surface area (Å²) in [5.41, 5.74) is 0. The summed E-state index contributed by atoms with van der Waals surface area (Å²) >= 11 is 0. The zero-order chi connectivity index (χ0) is 13.9. The molecule has 0 aromatic heterocycles. The SMILES string of the molecule is CCCCCCCOC1CC(NCC)C1OCCC. The molecule has 3 unspecified atom stereocenters. The molecule has 1 rings (SSSR count). The molecular weight excluding hydrogens is 238 g/mol. The normalized spacial score (nSPS) is 26.4. The highest BCUT2D eigenvalue weighted by atomic mass is 16.5. The number of ether oxygens (including phenoxy) is 2. The second kappa shape index (κ2) is 10.6. The van der Waals surface area contributed by atoms with Crippen molar-refractivity contribution in [3.05, 3.63) is 0 Å². The maximum absolute atomic E-state index is 5.98. The van der Waals surface area contributed by atoms with Crippen LogP contribution in [0.3, 0.4) is 0 Å². The van der Waals surface area contributed by atoms with Crippen molar-refractivity contribution in [2.75, 3.05) is 19.8 Å². The molecule has 0 heterocycles. The number of unbranched alkanes of at least 4 members (excludes halogenated alkanes) is 4. The predicted molar refractivity (Wildman–Crippen MR) is 80.6 cm³/mol. The van der Waals surface area contributed by atoms with Gasteiger partial charge in [-0.05, 0) is 25.8 Å². The van der Waals surface area contributed by atoms with Crippen LogP contribution in [0.15, 0.2) is 0 Å². The molecule has 0 radical (unpaired) electrons. The van der Waals surface area contributed by atoms with E-state index in [2.05, 4.69) is 26.1 Å². The minimum atomic E-state index is 0.274. The molecule has 3 heteroatoms. The van der Waals surface area contributed by atoms with E-state index in [1.165, 1.54) is 32.1 Å². The van der Waals surface area contributed by atoms with Gasteiger partial charge in [0.05, 0.1) is 12.2 Å². The third kappa shape index (κ3) is 6.24. The van der Waals surface area contributed by atoms with Crippen LogP contribution < -0.4 is 5.32 Å². The average molecular weight is 271 g/mol. The van der Waals surface area contributed by atoms with Gasteiger partial charge in [-0.1, -0.05) is 46.5 Å². The van der Waals surface area contributed by atoms with Crippen molar-refractivity contribution in [2.45, 2.75) is 84.0 Å². The summed E-state index contributed by atoms with van der Waals surface area (Å²) in [5.74, 6) is 0. The van der Waals surface area contributed by atoms with Crippen molar-refractivity contribution < 1.29 is 9.47 Å². The zero-order valence-corrected chi connectivity index (χ0v) is 13.1. The molecular formula is C16H33NO2. The number of hydrogen-bond acceptors (Lipinski definition) is 3. The summed E-state index contributed by atoms with van der Waals surface area (Å²) in [6.07, 6.45) is 9.30. The molecule has 1 aliphatic rings. The largest absolute Gasteiger partial charge is 0.375 e. The first-order valence-corrected chi connectivity index (χ1v) is 8.30. The Kier molecular flexibility index (Phi) is 9.48. The number of nitrogens with one attached hydrogen (secondary N) is 1. The number of rotatable bonds is 12. The molecule has 0 saturated heterocycles. The van der Waals surface area contributed by atoms with Gasteiger partial charge in [0.25, 0.3) is 0 Å². The summed E-state index contributed by atoms with van der Waals surface area (Å²) in [6.45, 7) is 9.33. The molecule has 0 spiro atoms. The van der Waals surface area contributed by atoms with E-state index < -0.39 is 0 Å². The zero-order valence-electron chi connectivity index (χ0n) is 13.1. The smallest absolute Gasteiger partial charge is 0.0990 e. The molecule has 0 aliphatic heterocycles. The quantitative estimate of drug-likeness (QED) is 0.551. The van der Waals surface area contributed by atoms with Gasteiger partial charge in [-0.3, -0.25) is 0 Å². The average Bonchev–Trinajstić information content (AvgIpc) is 2.40. The van der Waals surface area contributed by atoms with Crippen molar-refractivity contribution in [3.8, 4) is 0 Å². The Balaban J connectivity index is 2.10. The lowest BCUT2D eigenvalue weighted by molar-refractivity contribution is -0.147. The third-order valence-electron chi connectivity index (χ3n) is 3.81. The van der Waals surface area contributed by atoms with E-state index in [0.717, 1.165) is 32.6 Å². The Hall–Kier alpha value is -0.120. The lowest BCUT2D eigenvalue weighted by atomic mass is 9.85. The van der Waals surface area contributed by atoms with Crippen LogP contribution in [0.4, 0.5) is 0 Å². The fourth-order valence-electron chi connectivity index (χ4n) is 2.62.